The predicted molar refractivity (Wildman–Crippen MR) is 432 cm³/mol. The molecule has 6 atom stereocenters. The smallest absolute Gasteiger partial charge is 0.462 e. The van der Waals surface area contributed by atoms with Gasteiger partial charge in [0, 0.05) is 25.7 Å². The number of carbonyl (C=O) groups excluding carboxylic acids is 4. The number of phosphoric acid groups is 2. The van der Waals surface area contributed by atoms with Gasteiger partial charge < -0.3 is 33.8 Å². The summed E-state index contributed by atoms with van der Waals surface area (Å²) in [6.45, 7) is 7.40. The number of esters is 4. The van der Waals surface area contributed by atoms with E-state index >= 15 is 0 Å². The number of ether oxygens (including phenoxy) is 4. The van der Waals surface area contributed by atoms with Gasteiger partial charge in [-0.05, 0) is 31.6 Å². The maximum atomic E-state index is 13.1. The summed E-state index contributed by atoms with van der Waals surface area (Å²) in [6.07, 6.45) is 72.4. The summed E-state index contributed by atoms with van der Waals surface area (Å²) in [5, 5.41) is 10.7. The molecule has 19 heteroatoms. The lowest BCUT2D eigenvalue weighted by Gasteiger charge is -2.21. The molecule has 0 aromatic carbocycles. The highest BCUT2D eigenvalue weighted by molar-refractivity contribution is 7.47. The van der Waals surface area contributed by atoms with Crippen molar-refractivity contribution in [2.45, 2.75) is 483 Å². The Labute approximate surface area is 645 Å². The summed E-state index contributed by atoms with van der Waals surface area (Å²) in [4.78, 5) is 73.1. The van der Waals surface area contributed by atoms with Gasteiger partial charge in [-0.25, -0.2) is 9.13 Å². The van der Waals surface area contributed by atoms with Crippen LogP contribution < -0.4 is 0 Å². The summed E-state index contributed by atoms with van der Waals surface area (Å²) >= 11 is 0. The lowest BCUT2D eigenvalue weighted by Crippen LogP contribution is -2.30. The molecule has 0 fully saturated rings. The molecule has 0 aromatic heterocycles. The van der Waals surface area contributed by atoms with Crippen molar-refractivity contribution in [3.63, 3.8) is 0 Å². The van der Waals surface area contributed by atoms with E-state index in [1.807, 2.05) is 0 Å². The van der Waals surface area contributed by atoms with E-state index in [1.165, 1.54) is 289 Å². The van der Waals surface area contributed by atoms with Crippen LogP contribution in [0.5, 0.6) is 0 Å². The molecule has 0 saturated heterocycles. The lowest BCUT2D eigenvalue weighted by molar-refractivity contribution is -0.161. The van der Waals surface area contributed by atoms with Crippen molar-refractivity contribution in [1.82, 2.24) is 0 Å². The summed E-state index contributed by atoms with van der Waals surface area (Å²) in [5.74, 6) is -1.23. The molecule has 0 spiro atoms. The molecule has 0 aromatic rings. The van der Waals surface area contributed by atoms with E-state index in [2.05, 4.69) is 34.6 Å². The first-order valence-corrected chi connectivity index (χ1v) is 47.7. The second kappa shape index (κ2) is 78.7. The van der Waals surface area contributed by atoms with Gasteiger partial charge in [0.2, 0.25) is 0 Å². The molecule has 0 amide bonds. The molecule has 3 N–H and O–H groups in total. The summed E-state index contributed by atoms with van der Waals surface area (Å²) in [7, 11) is -9.92. The van der Waals surface area contributed by atoms with E-state index in [0.717, 1.165) is 95.8 Å². The highest BCUT2D eigenvalue weighted by Crippen LogP contribution is 2.45. The highest BCUT2D eigenvalue weighted by Gasteiger charge is 2.30. The van der Waals surface area contributed by atoms with Crippen molar-refractivity contribution in [3.8, 4) is 0 Å². The zero-order valence-corrected chi connectivity index (χ0v) is 70.7. The molecule has 17 nitrogen and oxygen atoms in total. The van der Waals surface area contributed by atoms with Gasteiger partial charge in [0.15, 0.2) is 12.2 Å². The normalized spacial score (nSPS) is 14.0. The van der Waals surface area contributed by atoms with Crippen molar-refractivity contribution in [2.75, 3.05) is 39.6 Å². The Morgan fingerprint density at radius 3 is 0.676 bits per heavy atom. The number of carbonyl (C=O) groups is 4. The van der Waals surface area contributed by atoms with Crippen LogP contribution in [0.1, 0.15) is 465 Å². The molecule has 0 heterocycles. The number of hydrogen-bond acceptors (Lipinski definition) is 15. The van der Waals surface area contributed by atoms with E-state index in [4.69, 9.17) is 37.0 Å². The molecule has 0 radical (unpaired) electrons. The number of phosphoric ester groups is 2. The topological polar surface area (TPSA) is 237 Å². The molecule has 0 aliphatic rings. The number of rotatable bonds is 86. The first-order chi connectivity index (χ1) is 51.1. The van der Waals surface area contributed by atoms with Crippen LogP contribution in [0.2, 0.25) is 0 Å². The minimum Gasteiger partial charge on any atom is -0.462 e. The number of aliphatic hydroxyl groups excluding tert-OH is 1. The molecule has 0 aliphatic carbocycles. The van der Waals surface area contributed by atoms with Gasteiger partial charge in [0.1, 0.15) is 19.3 Å². The minimum absolute atomic E-state index is 0.108. The second-order valence-electron chi connectivity index (χ2n) is 31.2. The number of hydrogen-bond donors (Lipinski definition) is 3. The molecular weight excluding hydrogens is 1370 g/mol. The molecule has 624 valence electrons. The Morgan fingerprint density at radius 2 is 0.457 bits per heavy atom. The standard InChI is InChI=1S/C86H168O17P2/c1-6-10-13-16-19-22-24-26-28-29-30-31-32-36-39-43-46-50-55-60-65-70-84(89)97-76-82(103-86(91)72-67-62-57-52-48-44-40-37-34-33-35-38-41-45-49-53-58-63-68-79(5)9-4)78-101-105(94,95)99-74-80(87)73-98-104(92,93)100-77-81(75-96-83(88)69-64-59-54-21-18-15-12-8-3)102-85(90)71-66-61-56-51-47-42-27-25-23-20-17-14-11-7-2/h79-82,87H,6-78H2,1-5H3,(H,92,93)(H,94,95)/t79?,80-,81+,82+/m0/s1. The molecule has 0 rings (SSSR count). The number of aliphatic hydroxyl groups is 1. The predicted octanol–water partition coefficient (Wildman–Crippen LogP) is 26.4. The van der Waals surface area contributed by atoms with Crippen molar-refractivity contribution in [1.29, 1.82) is 0 Å². The molecule has 0 aliphatic heterocycles. The second-order valence-corrected chi connectivity index (χ2v) is 34.1. The minimum atomic E-state index is -4.96. The van der Waals surface area contributed by atoms with Gasteiger partial charge in [-0.1, -0.05) is 413 Å². The quantitative estimate of drug-likeness (QED) is 0.0222. The summed E-state index contributed by atoms with van der Waals surface area (Å²) in [5.41, 5.74) is 0. The van der Waals surface area contributed by atoms with Crippen LogP contribution >= 0.6 is 15.6 Å². The monoisotopic (exact) mass is 1540 g/mol. The molecule has 0 saturated carbocycles. The van der Waals surface area contributed by atoms with Crippen LogP contribution in [0.25, 0.3) is 0 Å². The summed E-state index contributed by atoms with van der Waals surface area (Å²) in [6, 6.07) is 0. The lowest BCUT2D eigenvalue weighted by atomic mass is 9.99. The van der Waals surface area contributed by atoms with E-state index in [-0.39, 0.29) is 25.7 Å². The third kappa shape index (κ3) is 78.5. The van der Waals surface area contributed by atoms with E-state index in [9.17, 15) is 43.2 Å². The largest absolute Gasteiger partial charge is 0.472 e. The van der Waals surface area contributed by atoms with Crippen LogP contribution in [-0.2, 0) is 65.4 Å². The van der Waals surface area contributed by atoms with Crippen molar-refractivity contribution in [2.24, 2.45) is 5.92 Å². The average Bonchev–Trinajstić information content (AvgIpc) is 0.908. The van der Waals surface area contributed by atoms with Crippen LogP contribution in [0, 0.1) is 5.92 Å². The van der Waals surface area contributed by atoms with Gasteiger partial charge in [-0.2, -0.15) is 0 Å². The van der Waals surface area contributed by atoms with Gasteiger partial charge in [-0.3, -0.25) is 37.3 Å². The zero-order chi connectivity index (χ0) is 76.9. The van der Waals surface area contributed by atoms with E-state index < -0.39 is 97.5 Å². The Kier molecular flexibility index (Phi) is 77.3. The van der Waals surface area contributed by atoms with E-state index in [1.54, 1.807) is 0 Å². The summed E-state index contributed by atoms with van der Waals surface area (Å²) < 4.78 is 68.8. The van der Waals surface area contributed by atoms with Crippen LogP contribution in [0.3, 0.4) is 0 Å². The van der Waals surface area contributed by atoms with E-state index in [0.29, 0.717) is 25.7 Å². The van der Waals surface area contributed by atoms with Gasteiger partial charge in [-0.15, -0.1) is 0 Å². The van der Waals surface area contributed by atoms with Crippen molar-refractivity contribution >= 4 is 39.5 Å². The molecule has 0 bridgehead atoms. The Morgan fingerprint density at radius 1 is 0.267 bits per heavy atom. The first kappa shape index (κ1) is 103. The van der Waals surface area contributed by atoms with Crippen molar-refractivity contribution in [3.05, 3.63) is 0 Å². The van der Waals surface area contributed by atoms with Crippen molar-refractivity contribution < 1.29 is 80.2 Å². The average molecular weight is 1540 g/mol. The molecular formula is C86H168O17P2. The molecule has 105 heavy (non-hydrogen) atoms. The Balaban J connectivity index is 5.17. The van der Waals surface area contributed by atoms with Crippen LogP contribution in [0.15, 0.2) is 0 Å². The molecule has 3 unspecified atom stereocenters. The third-order valence-corrected chi connectivity index (χ3v) is 22.5. The Hall–Kier alpha value is -1.94. The first-order valence-electron chi connectivity index (χ1n) is 44.7. The fourth-order valence-electron chi connectivity index (χ4n) is 13.4. The zero-order valence-electron chi connectivity index (χ0n) is 68.9. The maximum absolute atomic E-state index is 13.1. The fraction of sp³-hybridized carbons (Fsp3) is 0.953. The SMILES string of the molecule is CCCCCCCCCCCCCCCCCCCCCCCC(=O)OC[C@H](COP(=O)(O)OC[C@@H](O)COP(=O)(O)OC[C@@H](COC(=O)CCCCCCCCCC)OC(=O)CCCCCCCCCCCCCCCC)OC(=O)CCCCCCCCCCCCCCCCCCCCC(C)CC. The van der Waals surface area contributed by atoms with Gasteiger partial charge in [0.05, 0.1) is 26.4 Å². The number of unbranched alkanes of at least 4 members (excludes halogenated alkanes) is 57. The third-order valence-electron chi connectivity index (χ3n) is 20.6. The Bertz CT molecular complexity index is 2000. The van der Waals surface area contributed by atoms with Crippen LogP contribution in [-0.4, -0.2) is 96.7 Å². The maximum Gasteiger partial charge on any atom is 0.472 e. The van der Waals surface area contributed by atoms with Gasteiger partial charge in [0.25, 0.3) is 0 Å². The van der Waals surface area contributed by atoms with Crippen LogP contribution in [0.4, 0.5) is 0 Å². The van der Waals surface area contributed by atoms with Gasteiger partial charge >= 0.3 is 39.5 Å². The fourth-order valence-corrected chi connectivity index (χ4v) is 15.0. The highest BCUT2D eigenvalue weighted by atomic mass is 31.2.